The van der Waals surface area contributed by atoms with Crippen LogP contribution in [0.2, 0.25) is 0 Å². The van der Waals surface area contributed by atoms with Gasteiger partial charge in [0.05, 0.1) is 3.57 Å². The van der Waals surface area contributed by atoms with Crippen LogP contribution in [0.5, 0.6) is 0 Å². The van der Waals surface area contributed by atoms with E-state index >= 15 is 0 Å². The Bertz CT molecular complexity index is 536. The number of aromatic nitrogens is 2. The van der Waals surface area contributed by atoms with E-state index in [4.69, 9.17) is 0 Å². The van der Waals surface area contributed by atoms with Gasteiger partial charge in [-0.2, -0.15) is 0 Å². The fraction of sp³-hybridized carbons (Fsp3) is 0. The number of aromatic amines is 1. The largest absolute Gasteiger partial charge is 0.306 e. The highest BCUT2D eigenvalue weighted by Crippen LogP contribution is 2.13. The molecule has 76 valence electrons. The molecule has 3 nitrogen and oxygen atoms in total. The first-order valence-electron chi connectivity index (χ1n) is 4.17. The third kappa shape index (κ3) is 2.23. The highest BCUT2D eigenvalue weighted by atomic mass is 127. The first kappa shape index (κ1) is 10.3. The van der Waals surface area contributed by atoms with Crippen LogP contribution in [0.4, 0.5) is 4.39 Å². The number of H-pyrrole nitrogens is 1. The summed E-state index contributed by atoms with van der Waals surface area (Å²) in [5.41, 5.74) is 0.495. The summed E-state index contributed by atoms with van der Waals surface area (Å²) in [5, 5.41) is 0. The van der Waals surface area contributed by atoms with Crippen molar-refractivity contribution in [3.63, 3.8) is 0 Å². The molecule has 0 amide bonds. The molecule has 2 rings (SSSR count). The summed E-state index contributed by atoms with van der Waals surface area (Å²) in [5.74, 6) is 0.132. The maximum absolute atomic E-state index is 12.7. The molecule has 1 aromatic carbocycles. The standard InChI is InChI=1S/C10H6FIN2O/c11-7-3-1-6(2-4-7)9-13-5-8(12)10(15)14-9/h1-5H,(H,13,14,15). The lowest BCUT2D eigenvalue weighted by Crippen LogP contribution is -2.11. The van der Waals surface area contributed by atoms with E-state index < -0.39 is 0 Å². The van der Waals surface area contributed by atoms with Gasteiger partial charge in [-0.25, -0.2) is 9.37 Å². The fourth-order valence-electron chi connectivity index (χ4n) is 1.13. The van der Waals surface area contributed by atoms with E-state index in [2.05, 4.69) is 9.97 Å². The molecule has 0 aliphatic rings. The Balaban J connectivity index is 2.50. The van der Waals surface area contributed by atoms with Crippen LogP contribution < -0.4 is 5.56 Å². The average Bonchev–Trinajstić information content (AvgIpc) is 2.23. The Morgan fingerprint density at radius 2 is 1.93 bits per heavy atom. The van der Waals surface area contributed by atoms with Gasteiger partial charge in [0, 0.05) is 11.8 Å². The van der Waals surface area contributed by atoms with Crippen LogP contribution in [0.25, 0.3) is 11.4 Å². The van der Waals surface area contributed by atoms with Gasteiger partial charge in [0.15, 0.2) is 0 Å². The number of halogens is 2. The molecule has 2 aromatic rings. The van der Waals surface area contributed by atoms with Gasteiger partial charge in [0.1, 0.15) is 11.6 Å². The van der Waals surface area contributed by atoms with Gasteiger partial charge in [-0.3, -0.25) is 4.79 Å². The van der Waals surface area contributed by atoms with Crippen molar-refractivity contribution in [2.75, 3.05) is 0 Å². The van der Waals surface area contributed by atoms with Crippen LogP contribution in [0.1, 0.15) is 0 Å². The first-order chi connectivity index (χ1) is 7.16. The minimum absolute atomic E-state index is 0.190. The molecule has 1 heterocycles. The summed E-state index contributed by atoms with van der Waals surface area (Å²) >= 11 is 1.90. The number of hydrogen-bond acceptors (Lipinski definition) is 2. The van der Waals surface area contributed by atoms with Crippen LogP contribution in [-0.2, 0) is 0 Å². The second kappa shape index (κ2) is 4.09. The summed E-state index contributed by atoms with van der Waals surface area (Å²) in [6.07, 6.45) is 1.48. The third-order valence-electron chi connectivity index (χ3n) is 1.87. The summed E-state index contributed by atoms with van der Waals surface area (Å²) in [4.78, 5) is 18.0. The third-order valence-corrected chi connectivity index (χ3v) is 2.64. The van der Waals surface area contributed by atoms with Crippen molar-refractivity contribution >= 4 is 22.6 Å². The number of rotatable bonds is 1. The number of nitrogens with zero attached hydrogens (tertiary/aromatic N) is 1. The van der Waals surface area contributed by atoms with Gasteiger partial charge >= 0.3 is 0 Å². The molecular formula is C10H6FIN2O. The maximum atomic E-state index is 12.7. The van der Waals surface area contributed by atoms with Crippen molar-refractivity contribution in [1.82, 2.24) is 9.97 Å². The number of benzene rings is 1. The van der Waals surface area contributed by atoms with Crippen molar-refractivity contribution in [1.29, 1.82) is 0 Å². The number of hydrogen-bond donors (Lipinski definition) is 1. The van der Waals surface area contributed by atoms with E-state index in [1.165, 1.54) is 18.3 Å². The van der Waals surface area contributed by atoms with Gasteiger partial charge in [-0.15, -0.1) is 0 Å². The predicted molar refractivity (Wildman–Crippen MR) is 63.0 cm³/mol. The molecule has 0 fully saturated rings. The second-order valence-electron chi connectivity index (χ2n) is 2.92. The van der Waals surface area contributed by atoms with E-state index in [1.54, 1.807) is 12.1 Å². The van der Waals surface area contributed by atoms with Crippen LogP contribution in [0, 0.1) is 9.39 Å². The van der Waals surface area contributed by atoms with E-state index in [1.807, 2.05) is 22.6 Å². The first-order valence-corrected chi connectivity index (χ1v) is 5.25. The van der Waals surface area contributed by atoms with Crippen LogP contribution in [0.3, 0.4) is 0 Å². The Morgan fingerprint density at radius 3 is 2.53 bits per heavy atom. The molecule has 5 heteroatoms. The van der Waals surface area contributed by atoms with E-state index in [-0.39, 0.29) is 11.4 Å². The topological polar surface area (TPSA) is 45.8 Å². The molecule has 0 bridgehead atoms. The van der Waals surface area contributed by atoms with Crippen molar-refractivity contribution in [2.24, 2.45) is 0 Å². The molecule has 1 N–H and O–H groups in total. The van der Waals surface area contributed by atoms with Crippen molar-refractivity contribution in [3.05, 3.63) is 50.2 Å². The molecule has 0 aliphatic heterocycles. The molecule has 0 radical (unpaired) electrons. The Morgan fingerprint density at radius 1 is 1.27 bits per heavy atom. The van der Waals surface area contributed by atoms with Crippen LogP contribution in [-0.4, -0.2) is 9.97 Å². The predicted octanol–water partition coefficient (Wildman–Crippen LogP) is 2.18. The fourth-order valence-corrected chi connectivity index (χ4v) is 1.41. The van der Waals surface area contributed by atoms with E-state index in [9.17, 15) is 9.18 Å². The lowest BCUT2D eigenvalue weighted by atomic mass is 10.2. The van der Waals surface area contributed by atoms with E-state index in [0.29, 0.717) is 15.0 Å². The summed E-state index contributed by atoms with van der Waals surface area (Å²) in [6.45, 7) is 0. The maximum Gasteiger partial charge on any atom is 0.264 e. The number of nitrogens with one attached hydrogen (secondary N) is 1. The van der Waals surface area contributed by atoms with Crippen molar-refractivity contribution in [2.45, 2.75) is 0 Å². The van der Waals surface area contributed by atoms with Crippen LogP contribution in [0.15, 0.2) is 35.3 Å². The summed E-state index contributed by atoms with van der Waals surface area (Å²) < 4.78 is 13.2. The highest BCUT2D eigenvalue weighted by molar-refractivity contribution is 14.1. The summed E-state index contributed by atoms with van der Waals surface area (Å²) in [7, 11) is 0. The SMILES string of the molecule is O=c1[nH]c(-c2ccc(F)cc2)ncc1I. The lowest BCUT2D eigenvalue weighted by molar-refractivity contribution is 0.628. The Hall–Kier alpha value is -1.24. The smallest absolute Gasteiger partial charge is 0.264 e. The molecule has 0 saturated heterocycles. The molecule has 1 aromatic heterocycles. The minimum Gasteiger partial charge on any atom is -0.306 e. The average molecular weight is 316 g/mol. The zero-order valence-electron chi connectivity index (χ0n) is 7.50. The van der Waals surface area contributed by atoms with Gasteiger partial charge in [-0.1, -0.05) is 0 Å². The zero-order valence-corrected chi connectivity index (χ0v) is 9.66. The highest BCUT2D eigenvalue weighted by Gasteiger charge is 2.02. The van der Waals surface area contributed by atoms with Gasteiger partial charge in [-0.05, 0) is 46.9 Å². The Kier molecular flexibility index (Phi) is 2.81. The molecule has 0 unspecified atom stereocenters. The molecule has 0 aliphatic carbocycles. The van der Waals surface area contributed by atoms with Crippen molar-refractivity contribution < 1.29 is 4.39 Å². The van der Waals surface area contributed by atoms with Gasteiger partial charge < -0.3 is 4.98 Å². The minimum atomic E-state index is -0.313. The molecule has 0 saturated carbocycles. The normalized spacial score (nSPS) is 10.3. The zero-order chi connectivity index (χ0) is 10.8. The molecule has 15 heavy (non-hydrogen) atoms. The van der Waals surface area contributed by atoms with Gasteiger partial charge in [0.25, 0.3) is 5.56 Å². The quantitative estimate of drug-likeness (QED) is 0.820. The Labute approximate surface area is 98.5 Å². The molecule has 0 spiro atoms. The monoisotopic (exact) mass is 316 g/mol. The summed E-state index contributed by atoms with van der Waals surface area (Å²) in [6, 6.07) is 5.79. The molecular weight excluding hydrogens is 310 g/mol. The van der Waals surface area contributed by atoms with Crippen LogP contribution >= 0.6 is 22.6 Å². The van der Waals surface area contributed by atoms with E-state index in [0.717, 1.165) is 0 Å². The lowest BCUT2D eigenvalue weighted by Gasteiger charge is -1.99. The van der Waals surface area contributed by atoms with Gasteiger partial charge in [0.2, 0.25) is 0 Å². The second-order valence-corrected chi connectivity index (χ2v) is 4.08. The van der Waals surface area contributed by atoms with Crippen molar-refractivity contribution in [3.8, 4) is 11.4 Å². The molecule has 0 atom stereocenters.